The lowest BCUT2D eigenvalue weighted by Gasteiger charge is -2.33. The average Bonchev–Trinajstić information content (AvgIpc) is 2.49. The third-order valence-electron chi connectivity index (χ3n) is 4.14. The first-order valence-electron chi connectivity index (χ1n) is 7.84. The topological polar surface area (TPSA) is 75.4 Å². The number of nitrogens with two attached hydrogens (primary N) is 1. The normalized spacial score (nSPS) is 15.9. The molecule has 0 saturated carbocycles. The largest absolute Gasteiger partial charge is 0.399 e. The molecule has 1 aromatic carbocycles. The molecule has 1 fully saturated rings. The molecule has 1 heterocycles. The van der Waals surface area contributed by atoms with Crippen LogP contribution < -0.4 is 11.1 Å². The number of hydrogen-bond acceptors (Lipinski definition) is 3. The Bertz CT molecular complexity index is 561. The van der Waals surface area contributed by atoms with E-state index >= 15 is 0 Å². The summed E-state index contributed by atoms with van der Waals surface area (Å²) in [6.45, 7) is 7.14. The summed E-state index contributed by atoms with van der Waals surface area (Å²) in [5.74, 6) is 0.135. The van der Waals surface area contributed by atoms with E-state index in [9.17, 15) is 9.59 Å². The highest BCUT2D eigenvalue weighted by Gasteiger charge is 2.25. The Labute approximate surface area is 131 Å². The SMILES string of the molecule is Cc1ccc(N)cc1C(=O)NC1CCN(C(=O)C(C)C)CC1. The molecule has 0 radical (unpaired) electrons. The van der Waals surface area contributed by atoms with Gasteiger partial charge in [0.05, 0.1) is 0 Å². The second kappa shape index (κ2) is 6.81. The molecule has 0 spiro atoms. The van der Waals surface area contributed by atoms with E-state index in [4.69, 9.17) is 5.73 Å². The van der Waals surface area contributed by atoms with E-state index < -0.39 is 0 Å². The van der Waals surface area contributed by atoms with Crippen molar-refractivity contribution in [3.05, 3.63) is 29.3 Å². The number of rotatable bonds is 3. The zero-order valence-electron chi connectivity index (χ0n) is 13.6. The number of likely N-dealkylation sites (tertiary alicyclic amines) is 1. The summed E-state index contributed by atoms with van der Waals surface area (Å²) in [6.07, 6.45) is 1.59. The number of hydrogen-bond donors (Lipinski definition) is 2. The molecule has 1 aromatic rings. The predicted octanol–water partition coefficient (Wildman–Crippen LogP) is 1.95. The van der Waals surface area contributed by atoms with E-state index in [0.717, 1.165) is 18.4 Å². The van der Waals surface area contributed by atoms with E-state index in [0.29, 0.717) is 24.3 Å². The van der Waals surface area contributed by atoms with Gasteiger partial charge in [-0.1, -0.05) is 19.9 Å². The van der Waals surface area contributed by atoms with Crippen molar-refractivity contribution in [3.63, 3.8) is 0 Å². The van der Waals surface area contributed by atoms with E-state index in [1.165, 1.54) is 0 Å². The number of nitrogens with zero attached hydrogens (tertiary/aromatic N) is 1. The highest BCUT2D eigenvalue weighted by Crippen LogP contribution is 2.16. The first-order valence-corrected chi connectivity index (χ1v) is 7.84. The zero-order chi connectivity index (χ0) is 16.3. The Morgan fingerprint density at radius 3 is 2.50 bits per heavy atom. The highest BCUT2D eigenvalue weighted by molar-refractivity contribution is 5.96. The maximum Gasteiger partial charge on any atom is 0.251 e. The third kappa shape index (κ3) is 3.78. The summed E-state index contributed by atoms with van der Waals surface area (Å²) in [6, 6.07) is 5.47. The van der Waals surface area contributed by atoms with Crippen LogP contribution >= 0.6 is 0 Å². The first-order chi connectivity index (χ1) is 10.4. The standard InChI is InChI=1S/C17H25N3O2/c1-11(2)17(22)20-8-6-14(7-9-20)19-16(21)15-10-13(18)5-4-12(15)3/h4-5,10-11,14H,6-9,18H2,1-3H3,(H,19,21). The molecule has 2 rings (SSSR count). The fraction of sp³-hybridized carbons (Fsp3) is 0.529. The molecule has 5 heteroatoms. The number of carbonyl (C=O) groups is 2. The molecule has 0 unspecified atom stereocenters. The molecular weight excluding hydrogens is 278 g/mol. The molecule has 120 valence electrons. The maximum atomic E-state index is 12.4. The Morgan fingerprint density at radius 1 is 1.27 bits per heavy atom. The van der Waals surface area contributed by atoms with Gasteiger partial charge in [0.25, 0.3) is 5.91 Å². The Hall–Kier alpha value is -2.04. The number of anilines is 1. The van der Waals surface area contributed by atoms with Crippen molar-refractivity contribution in [2.24, 2.45) is 5.92 Å². The van der Waals surface area contributed by atoms with Gasteiger partial charge in [-0.25, -0.2) is 0 Å². The summed E-state index contributed by atoms with van der Waals surface area (Å²) in [5.41, 5.74) is 7.89. The molecule has 0 aromatic heterocycles. The maximum absolute atomic E-state index is 12.4. The number of nitrogens with one attached hydrogen (secondary N) is 1. The summed E-state index contributed by atoms with van der Waals surface area (Å²) in [4.78, 5) is 26.2. The van der Waals surface area contributed by atoms with Crippen LogP contribution in [0.15, 0.2) is 18.2 Å². The van der Waals surface area contributed by atoms with Crippen molar-refractivity contribution in [1.29, 1.82) is 0 Å². The summed E-state index contributed by atoms with van der Waals surface area (Å²) >= 11 is 0. The van der Waals surface area contributed by atoms with Gasteiger partial charge in [-0.05, 0) is 37.5 Å². The lowest BCUT2D eigenvalue weighted by Crippen LogP contribution is -2.47. The van der Waals surface area contributed by atoms with Crippen LogP contribution in [0.4, 0.5) is 5.69 Å². The highest BCUT2D eigenvalue weighted by atomic mass is 16.2. The van der Waals surface area contributed by atoms with E-state index in [2.05, 4.69) is 5.32 Å². The van der Waals surface area contributed by atoms with Crippen LogP contribution in [0.25, 0.3) is 0 Å². The molecule has 3 N–H and O–H groups in total. The van der Waals surface area contributed by atoms with Crippen LogP contribution in [0, 0.1) is 12.8 Å². The predicted molar refractivity (Wildman–Crippen MR) is 87.5 cm³/mol. The Balaban J connectivity index is 1.92. The number of nitrogen functional groups attached to an aromatic ring is 1. The molecule has 1 saturated heterocycles. The van der Waals surface area contributed by atoms with Crippen molar-refractivity contribution in [1.82, 2.24) is 10.2 Å². The molecule has 0 bridgehead atoms. The van der Waals surface area contributed by atoms with Crippen molar-refractivity contribution in [2.75, 3.05) is 18.8 Å². The minimum absolute atomic E-state index is 0.0288. The van der Waals surface area contributed by atoms with Gasteiger partial charge in [-0.3, -0.25) is 9.59 Å². The molecule has 5 nitrogen and oxygen atoms in total. The number of piperidine rings is 1. The minimum atomic E-state index is -0.0848. The van der Waals surface area contributed by atoms with Crippen molar-refractivity contribution < 1.29 is 9.59 Å². The van der Waals surface area contributed by atoms with Crippen LogP contribution in [0.1, 0.15) is 42.6 Å². The minimum Gasteiger partial charge on any atom is -0.399 e. The molecule has 0 atom stereocenters. The van der Waals surface area contributed by atoms with Crippen molar-refractivity contribution in [3.8, 4) is 0 Å². The molecular formula is C17H25N3O2. The Kier molecular flexibility index (Phi) is 5.06. The van der Waals surface area contributed by atoms with Gasteiger partial charge in [-0.15, -0.1) is 0 Å². The van der Waals surface area contributed by atoms with E-state index in [1.807, 2.05) is 31.7 Å². The zero-order valence-corrected chi connectivity index (χ0v) is 13.6. The molecule has 0 aliphatic carbocycles. The fourth-order valence-electron chi connectivity index (χ4n) is 2.76. The lowest BCUT2D eigenvalue weighted by molar-refractivity contribution is -0.135. The number of carbonyl (C=O) groups excluding carboxylic acids is 2. The van der Waals surface area contributed by atoms with Gasteiger partial charge in [0.15, 0.2) is 0 Å². The molecule has 22 heavy (non-hydrogen) atoms. The van der Waals surface area contributed by atoms with Gasteiger partial charge >= 0.3 is 0 Å². The van der Waals surface area contributed by atoms with Crippen molar-refractivity contribution >= 4 is 17.5 Å². The number of aryl methyl sites for hydroxylation is 1. The molecule has 1 aliphatic heterocycles. The van der Waals surface area contributed by atoms with Crippen LogP contribution in [0.2, 0.25) is 0 Å². The average molecular weight is 303 g/mol. The van der Waals surface area contributed by atoms with Gasteiger partial charge in [0.1, 0.15) is 0 Å². The van der Waals surface area contributed by atoms with Gasteiger partial charge in [0, 0.05) is 36.3 Å². The molecule has 1 aliphatic rings. The van der Waals surface area contributed by atoms with Crippen LogP contribution in [0.5, 0.6) is 0 Å². The van der Waals surface area contributed by atoms with Gasteiger partial charge < -0.3 is 16.0 Å². The second-order valence-electron chi connectivity index (χ2n) is 6.30. The van der Waals surface area contributed by atoms with Gasteiger partial charge in [-0.2, -0.15) is 0 Å². The summed E-state index contributed by atoms with van der Waals surface area (Å²) in [7, 11) is 0. The first kappa shape index (κ1) is 16.3. The van der Waals surface area contributed by atoms with E-state index in [1.54, 1.807) is 12.1 Å². The van der Waals surface area contributed by atoms with Gasteiger partial charge in [0.2, 0.25) is 5.91 Å². The van der Waals surface area contributed by atoms with Crippen LogP contribution in [-0.4, -0.2) is 35.8 Å². The Morgan fingerprint density at radius 2 is 1.91 bits per heavy atom. The third-order valence-corrected chi connectivity index (χ3v) is 4.14. The summed E-state index contributed by atoms with van der Waals surface area (Å²) in [5, 5.41) is 3.06. The summed E-state index contributed by atoms with van der Waals surface area (Å²) < 4.78 is 0. The van der Waals surface area contributed by atoms with Crippen LogP contribution in [0.3, 0.4) is 0 Å². The monoisotopic (exact) mass is 303 g/mol. The van der Waals surface area contributed by atoms with Crippen LogP contribution in [-0.2, 0) is 4.79 Å². The smallest absolute Gasteiger partial charge is 0.251 e. The fourth-order valence-corrected chi connectivity index (χ4v) is 2.76. The van der Waals surface area contributed by atoms with E-state index in [-0.39, 0.29) is 23.8 Å². The molecule has 2 amide bonds. The number of amides is 2. The second-order valence-corrected chi connectivity index (χ2v) is 6.30. The lowest BCUT2D eigenvalue weighted by atomic mass is 10.0. The number of benzene rings is 1. The van der Waals surface area contributed by atoms with Crippen molar-refractivity contribution in [2.45, 2.75) is 39.7 Å². The quantitative estimate of drug-likeness (QED) is 0.838.